The van der Waals surface area contributed by atoms with Crippen LogP contribution < -0.4 is 0 Å². The molecule has 5 aliphatic rings. The van der Waals surface area contributed by atoms with Crippen molar-refractivity contribution < 1.29 is 23.2 Å². The molecule has 5 fully saturated rings. The Morgan fingerprint density at radius 2 is 1.62 bits per heavy atom. The van der Waals surface area contributed by atoms with E-state index in [1.54, 1.807) is 4.90 Å². The monoisotopic (exact) mass is 584 g/mol. The number of imide groups is 1. The molecule has 4 atom stereocenters. The van der Waals surface area contributed by atoms with E-state index in [1.807, 2.05) is 19.9 Å². The fourth-order valence-electron chi connectivity index (χ4n) is 9.03. The highest BCUT2D eigenvalue weighted by Gasteiger charge is 2.63. The van der Waals surface area contributed by atoms with E-state index in [2.05, 4.69) is 41.0 Å². The van der Waals surface area contributed by atoms with Gasteiger partial charge in [-0.25, -0.2) is 13.6 Å². The largest absolute Gasteiger partial charge is 0.341 e. The minimum Gasteiger partial charge on any atom is -0.341 e. The normalized spacial score (nSPS) is 32.9. The molecule has 1 aromatic carbocycles. The van der Waals surface area contributed by atoms with Crippen molar-refractivity contribution in [1.82, 2.24) is 19.6 Å². The third kappa shape index (κ3) is 5.03. The third-order valence-electron chi connectivity index (χ3n) is 11.0. The SMILES string of the molecule is CC(C)CN1C(=O)N(CC(F)F)C(=O)C12CC1CCC(C2)N1C[C@H]1CN(C(=O)C2(C)CCCC2)C[C@@H]1c1ccccc1. The molecule has 4 heterocycles. The molecule has 1 aliphatic carbocycles. The topological polar surface area (TPSA) is 64.2 Å². The molecule has 9 heteroatoms. The van der Waals surface area contributed by atoms with Gasteiger partial charge in [0, 0.05) is 49.6 Å². The number of rotatable bonds is 8. The van der Waals surface area contributed by atoms with Crippen LogP contribution in [0.15, 0.2) is 30.3 Å². The predicted octanol–water partition coefficient (Wildman–Crippen LogP) is 5.36. The lowest BCUT2D eigenvalue weighted by Crippen LogP contribution is -2.61. The van der Waals surface area contributed by atoms with Gasteiger partial charge in [-0.3, -0.25) is 19.4 Å². The molecule has 4 aliphatic heterocycles. The number of piperidine rings is 1. The zero-order valence-electron chi connectivity index (χ0n) is 25.3. The molecule has 42 heavy (non-hydrogen) atoms. The summed E-state index contributed by atoms with van der Waals surface area (Å²) in [6.45, 7) is 7.97. The Kier molecular flexibility index (Phi) is 7.86. The molecule has 1 saturated carbocycles. The summed E-state index contributed by atoms with van der Waals surface area (Å²) in [6, 6.07) is 10.2. The maximum absolute atomic E-state index is 13.8. The van der Waals surface area contributed by atoms with E-state index in [0.29, 0.717) is 25.3 Å². The number of amides is 4. The standard InChI is InChI=1S/C33H46F2N4O3/c1-22(2)17-39-31(42)38(21-28(34)35)30(41)33(39)15-25-11-12-26(16-33)37(25)19-24-18-36(29(40)32(3)13-7-8-14-32)20-27(24)23-9-5-4-6-10-23/h4-6,9-10,22,24-28H,7-8,11-21H2,1-3H3/t24-,25?,26?,27-,33?/m1/s1. The molecule has 6 rings (SSSR count). The minimum atomic E-state index is -2.75. The maximum Gasteiger partial charge on any atom is 0.327 e. The summed E-state index contributed by atoms with van der Waals surface area (Å²) >= 11 is 0. The number of nitrogens with zero attached hydrogens (tertiary/aromatic N) is 4. The van der Waals surface area contributed by atoms with Crippen molar-refractivity contribution in [3.63, 3.8) is 0 Å². The Morgan fingerprint density at radius 3 is 2.21 bits per heavy atom. The summed E-state index contributed by atoms with van der Waals surface area (Å²) in [7, 11) is 0. The molecule has 0 radical (unpaired) electrons. The molecule has 7 nitrogen and oxygen atoms in total. The van der Waals surface area contributed by atoms with Crippen molar-refractivity contribution in [2.24, 2.45) is 17.3 Å². The Morgan fingerprint density at radius 1 is 0.976 bits per heavy atom. The number of benzene rings is 1. The fourth-order valence-corrected chi connectivity index (χ4v) is 9.03. The number of carbonyl (C=O) groups is 3. The van der Waals surface area contributed by atoms with Gasteiger partial charge in [0.1, 0.15) is 5.54 Å². The first-order valence-corrected chi connectivity index (χ1v) is 16.0. The van der Waals surface area contributed by atoms with Gasteiger partial charge >= 0.3 is 6.03 Å². The van der Waals surface area contributed by atoms with Crippen LogP contribution in [0, 0.1) is 17.3 Å². The van der Waals surface area contributed by atoms with E-state index in [4.69, 9.17) is 0 Å². The highest BCUT2D eigenvalue weighted by atomic mass is 19.3. The fraction of sp³-hybridized carbons (Fsp3) is 0.727. The zero-order chi connectivity index (χ0) is 29.8. The number of urea groups is 1. The van der Waals surface area contributed by atoms with Crippen LogP contribution in [-0.4, -0.2) is 94.2 Å². The van der Waals surface area contributed by atoms with Gasteiger partial charge in [-0.2, -0.15) is 0 Å². The second kappa shape index (κ2) is 11.2. The average Bonchev–Trinajstić information content (AvgIpc) is 3.68. The second-order valence-corrected chi connectivity index (χ2v) is 14.4. The van der Waals surface area contributed by atoms with E-state index in [-0.39, 0.29) is 35.3 Å². The number of likely N-dealkylation sites (tertiary alicyclic amines) is 1. The van der Waals surface area contributed by atoms with E-state index in [0.717, 1.165) is 63.1 Å². The van der Waals surface area contributed by atoms with Gasteiger partial charge in [-0.15, -0.1) is 0 Å². The van der Waals surface area contributed by atoms with Gasteiger partial charge in [-0.1, -0.05) is 63.9 Å². The first kappa shape index (κ1) is 29.5. The summed E-state index contributed by atoms with van der Waals surface area (Å²) in [5.41, 5.74) is -0.0319. The lowest BCUT2D eigenvalue weighted by Gasteiger charge is -2.48. The van der Waals surface area contributed by atoms with Crippen LogP contribution in [0.25, 0.3) is 0 Å². The molecule has 4 amide bonds. The van der Waals surface area contributed by atoms with Crippen LogP contribution in [0.1, 0.15) is 83.6 Å². The molecule has 4 saturated heterocycles. The second-order valence-electron chi connectivity index (χ2n) is 14.4. The summed E-state index contributed by atoms with van der Waals surface area (Å²) in [4.78, 5) is 48.0. The van der Waals surface area contributed by atoms with Gasteiger partial charge < -0.3 is 9.80 Å². The summed E-state index contributed by atoms with van der Waals surface area (Å²) in [5, 5.41) is 0. The molecular weight excluding hydrogens is 538 g/mol. The van der Waals surface area contributed by atoms with Crippen molar-refractivity contribution in [3.8, 4) is 0 Å². The molecule has 230 valence electrons. The van der Waals surface area contributed by atoms with E-state index >= 15 is 0 Å². The Balaban J connectivity index is 1.24. The highest BCUT2D eigenvalue weighted by Crippen LogP contribution is 2.49. The predicted molar refractivity (Wildman–Crippen MR) is 156 cm³/mol. The number of fused-ring (bicyclic) bond motifs is 2. The van der Waals surface area contributed by atoms with Gasteiger partial charge in [0.2, 0.25) is 5.91 Å². The molecular formula is C33H46F2N4O3. The lowest BCUT2D eigenvalue weighted by atomic mass is 9.79. The van der Waals surface area contributed by atoms with Crippen LogP contribution in [-0.2, 0) is 9.59 Å². The van der Waals surface area contributed by atoms with Crippen LogP contribution in [0.4, 0.5) is 13.6 Å². The summed E-state index contributed by atoms with van der Waals surface area (Å²) < 4.78 is 26.8. The molecule has 0 aromatic heterocycles. The molecule has 0 N–H and O–H groups in total. The zero-order valence-corrected chi connectivity index (χ0v) is 25.3. The highest BCUT2D eigenvalue weighted by molar-refractivity contribution is 6.07. The van der Waals surface area contributed by atoms with Crippen molar-refractivity contribution in [2.75, 3.05) is 32.7 Å². The number of alkyl halides is 2. The van der Waals surface area contributed by atoms with Crippen molar-refractivity contribution in [1.29, 1.82) is 0 Å². The Bertz CT molecular complexity index is 1170. The van der Waals surface area contributed by atoms with Gasteiger partial charge in [-0.05, 0) is 55.9 Å². The lowest BCUT2D eigenvalue weighted by molar-refractivity contribution is -0.140. The van der Waals surface area contributed by atoms with Gasteiger partial charge in [0.05, 0.1) is 6.54 Å². The van der Waals surface area contributed by atoms with Crippen LogP contribution in [0.5, 0.6) is 0 Å². The summed E-state index contributed by atoms with van der Waals surface area (Å²) in [6.07, 6.45) is 4.25. The number of hydrogen-bond acceptors (Lipinski definition) is 4. The van der Waals surface area contributed by atoms with E-state index < -0.39 is 30.4 Å². The van der Waals surface area contributed by atoms with Crippen LogP contribution in [0.2, 0.25) is 0 Å². The van der Waals surface area contributed by atoms with Crippen molar-refractivity contribution in [3.05, 3.63) is 35.9 Å². The van der Waals surface area contributed by atoms with E-state index in [9.17, 15) is 23.2 Å². The first-order valence-electron chi connectivity index (χ1n) is 16.0. The van der Waals surface area contributed by atoms with E-state index in [1.165, 1.54) is 5.56 Å². The molecule has 2 unspecified atom stereocenters. The Hall–Kier alpha value is -2.55. The van der Waals surface area contributed by atoms with Crippen molar-refractivity contribution in [2.45, 2.75) is 102 Å². The molecule has 2 bridgehead atoms. The molecule has 1 aromatic rings. The summed E-state index contributed by atoms with van der Waals surface area (Å²) in [5.74, 6) is 0.485. The maximum atomic E-state index is 13.8. The molecule has 1 spiro atoms. The average molecular weight is 585 g/mol. The Labute approximate surface area is 248 Å². The number of hydrogen-bond donors (Lipinski definition) is 0. The van der Waals surface area contributed by atoms with Crippen molar-refractivity contribution >= 4 is 17.8 Å². The minimum absolute atomic E-state index is 0.107. The first-order chi connectivity index (χ1) is 20.0. The smallest absolute Gasteiger partial charge is 0.327 e. The quantitative estimate of drug-likeness (QED) is 0.386. The van der Waals surface area contributed by atoms with Gasteiger partial charge in [0.15, 0.2) is 0 Å². The third-order valence-corrected chi connectivity index (χ3v) is 11.0. The number of halogens is 2. The van der Waals surface area contributed by atoms with Gasteiger partial charge in [0.25, 0.3) is 12.3 Å². The number of carbonyl (C=O) groups excluding carboxylic acids is 3. The van der Waals surface area contributed by atoms with Crippen LogP contribution in [0.3, 0.4) is 0 Å². The van der Waals surface area contributed by atoms with Crippen LogP contribution >= 0.6 is 0 Å².